The number of hydrogen-bond acceptors (Lipinski definition) is 2. The van der Waals surface area contributed by atoms with Crippen LogP contribution in [0, 0.1) is 17.5 Å². The van der Waals surface area contributed by atoms with Gasteiger partial charge in [-0.15, -0.1) is 0 Å². The molecule has 1 heterocycles. The summed E-state index contributed by atoms with van der Waals surface area (Å²) in [5.41, 5.74) is 10.2. The van der Waals surface area contributed by atoms with Crippen molar-refractivity contribution < 1.29 is 18.0 Å². The van der Waals surface area contributed by atoms with E-state index in [1.54, 1.807) is 0 Å². The molecule has 4 nitrogen and oxygen atoms in total. The molecule has 0 fully saturated rings. The van der Waals surface area contributed by atoms with Crippen LogP contribution in [-0.2, 0) is 0 Å². The van der Waals surface area contributed by atoms with E-state index in [1.807, 2.05) is 0 Å². The van der Waals surface area contributed by atoms with E-state index in [0.717, 1.165) is 0 Å². The summed E-state index contributed by atoms with van der Waals surface area (Å²) < 4.78 is 39.3. The Morgan fingerprint density at radius 2 is 1.67 bits per heavy atom. The van der Waals surface area contributed by atoms with Crippen LogP contribution in [0.15, 0.2) is 18.2 Å². The molecule has 5 N–H and O–H groups in total. The van der Waals surface area contributed by atoms with Crippen LogP contribution in [0.1, 0.15) is 10.4 Å². The molecular formula is C11H8F3N3O. The van der Waals surface area contributed by atoms with Crippen molar-refractivity contribution in [1.29, 1.82) is 0 Å². The average Bonchev–Trinajstić information content (AvgIpc) is 2.65. The average molecular weight is 255 g/mol. The zero-order chi connectivity index (χ0) is 13.4. The van der Waals surface area contributed by atoms with E-state index < -0.39 is 23.4 Å². The lowest BCUT2D eigenvalue weighted by atomic mass is 10.1. The molecular weight excluding hydrogens is 247 g/mol. The number of aromatic amines is 1. The van der Waals surface area contributed by atoms with Crippen LogP contribution in [0.3, 0.4) is 0 Å². The number of benzene rings is 1. The number of amides is 1. The minimum absolute atomic E-state index is 0.0395. The second-order valence-corrected chi connectivity index (χ2v) is 3.62. The van der Waals surface area contributed by atoms with Gasteiger partial charge in [0.1, 0.15) is 11.6 Å². The quantitative estimate of drug-likeness (QED) is 0.714. The molecule has 0 bridgehead atoms. The largest absolute Gasteiger partial charge is 0.385 e. The number of nitrogens with two attached hydrogens (primary N) is 2. The third kappa shape index (κ3) is 1.90. The van der Waals surface area contributed by atoms with Gasteiger partial charge in [0.05, 0.1) is 11.3 Å². The number of primary amides is 1. The van der Waals surface area contributed by atoms with E-state index in [4.69, 9.17) is 11.5 Å². The topological polar surface area (TPSA) is 84.9 Å². The van der Waals surface area contributed by atoms with Gasteiger partial charge in [-0.25, -0.2) is 13.2 Å². The zero-order valence-corrected chi connectivity index (χ0v) is 8.93. The van der Waals surface area contributed by atoms with Crippen molar-refractivity contribution in [3.05, 3.63) is 41.2 Å². The molecule has 18 heavy (non-hydrogen) atoms. The van der Waals surface area contributed by atoms with Gasteiger partial charge in [0.25, 0.3) is 5.91 Å². The number of rotatable bonds is 2. The predicted octanol–water partition coefficient (Wildman–Crippen LogP) is 1.78. The molecule has 0 spiro atoms. The van der Waals surface area contributed by atoms with Crippen LogP contribution in [0.5, 0.6) is 0 Å². The van der Waals surface area contributed by atoms with Crippen molar-refractivity contribution in [2.45, 2.75) is 0 Å². The first kappa shape index (κ1) is 12.0. The van der Waals surface area contributed by atoms with Crippen molar-refractivity contribution in [1.82, 2.24) is 4.98 Å². The third-order valence-corrected chi connectivity index (χ3v) is 2.41. The van der Waals surface area contributed by atoms with Gasteiger partial charge in [0.15, 0.2) is 11.6 Å². The monoisotopic (exact) mass is 255 g/mol. The maximum Gasteiger partial charge on any atom is 0.252 e. The lowest BCUT2D eigenvalue weighted by Gasteiger charge is -2.01. The van der Waals surface area contributed by atoms with Crippen LogP contribution < -0.4 is 11.5 Å². The standard InChI is InChI=1S/C11H8F3N3O/c12-6-3-8(14)7(13)1-4(6)9-2-5(11(16)18)10(15)17-9/h1-3,17H,15H2,(H2,16,18). The predicted molar refractivity (Wildman–Crippen MR) is 59.0 cm³/mol. The number of carbonyl (C=O) groups is 1. The fraction of sp³-hybridized carbons (Fsp3) is 0. The van der Waals surface area contributed by atoms with E-state index in [9.17, 15) is 18.0 Å². The van der Waals surface area contributed by atoms with Crippen molar-refractivity contribution in [3.63, 3.8) is 0 Å². The fourth-order valence-corrected chi connectivity index (χ4v) is 1.55. The van der Waals surface area contributed by atoms with E-state index in [0.29, 0.717) is 12.1 Å². The molecule has 0 aliphatic heterocycles. The minimum Gasteiger partial charge on any atom is -0.385 e. The molecule has 2 aromatic rings. The molecule has 0 saturated heterocycles. The Labute approximate surface area is 99.4 Å². The molecule has 0 aliphatic carbocycles. The zero-order valence-electron chi connectivity index (χ0n) is 8.93. The van der Waals surface area contributed by atoms with Crippen LogP contribution in [0.4, 0.5) is 19.0 Å². The Kier molecular flexibility index (Phi) is 2.74. The molecule has 2 rings (SSSR count). The summed E-state index contributed by atoms with van der Waals surface area (Å²) in [6, 6.07) is 2.25. The summed E-state index contributed by atoms with van der Waals surface area (Å²) >= 11 is 0. The number of anilines is 1. The first-order chi connectivity index (χ1) is 8.40. The van der Waals surface area contributed by atoms with Crippen LogP contribution >= 0.6 is 0 Å². The molecule has 0 aliphatic rings. The number of hydrogen-bond donors (Lipinski definition) is 3. The molecule has 0 unspecified atom stereocenters. The number of H-pyrrole nitrogens is 1. The van der Waals surface area contributed by atoms with E-state index >= 15 is 0 Å². The molecule has 94 valence electrons. The smallest absolute Gasteiger partial charge is 0.252 e. The minimum atomic E-state index is -1.30. The van der Waals surface area contributed by atoms with Crippen molar-refractivity contribution >= 4 is 11.7 Å². The molecule has 0 radical (unpaired) electrons. The Morgan fingerprint density at radius 3 is 2.22 bits per heavy atom. The second kappa shape index (κ2) is 4.10. The lowest BCUT2D eigenvalue weighted by Crippen LogP contribution is -2.11. The highest BCUT2D eigenvalue weighted by Crippen LogP contribution is 2.27. The van der Waals surface area contributed by atoms with Gasteiger partial charge in [0.2, 0.25) is 0 Å². The molecule has 1 aromatic heterocycles. The van der Waals surface area contributed by atoms with Crippen molar-refractivity contribution in [2.75, 3.05) is 5.73 Å². The highest BCUT2D eigenvalue weighted by Gasteiger charge is 2.16. The van der Waals surface area contributed by atoms with Gasteiger partial charge in [-0.1, -0.05) is 0 Å². The number of aromatic nitrogens is 1. The van der Waals surface area contributed by atoms with Gasteiger partial charge in [-0.2, -0.15) is 0 Å². The molecule has 0 saturated carbocycles. The van der Waals surface area contributed by atoms with Gasteiger partial charge >= 0.3 is 0 Å². The summed E-state index contributed by atoms with van der Waals surface area (Å²) in [6.45, 7) is 0. The van der Waals surface area contributed by atoms with Gasteiger partial charge in [-0.05, 0) is 12.1 Å². The first-order valence-electron chi connectivity index (χ1n) is 4.83. The van der Waals surface area contributed by atoms with E-state index in [-0.39, 0.29) is 22.6 Å². The van der Waals surface area contributed by atoms with Gasteiger partial charge in [-0.3, -0.25) is 4.79 Å². The Bertz CT molecular complexity index is 637. The molecule has 0 atom stereocenters. The van der Waals surface area contributed by atoms with Crippen LogP contribution in [0.2, 0.25) is 0 Å². The van der Waals surface area contributed by atoms with Crippen molar-refractivity contribution in [3.8, 4) is 11.3 Å². The summed E-state index contributed by atoms with van der Waals surface area (Å²) in [4.78, 5) is 13.4. The number of nitrogens with one attached hydrogen (secondary N) is 1. The Hall–Kier alpha value is -2.44. The van der Waals surface area contributed by atoms with Crippen LogP contribution in [0.25, 0.3) is 11.3 Å². The fourth-order valence-electron chi connectivity index (χ4n) is 1.55. The maximum atomic E-state index is 13.5. The summed E-state index contributed by atoms with van der Waals surface area (Å²) in [6.07, 6.45) is 0. The SMILES string of the molecule is NC(=O)c1cc(-c2cc(F)c(F)cc2F)[nH]c1N. The highest BCUT2D eigenvalue weighted by atomic mass is 19.2. The summed E-state index contributed by atoms with van der Waals surface area (Å²) in [5, 5.41) is 0. The number of halogens is 3. The highest BCUT2D eigenvalue weighted by molar-refractivity contribution is 5.99. The Balaban J connectivity index is 2.59. The second-order valence-electron chi connectivity index (χ2n) is 3.62. The summed E-state index contributed by atoms with van der Waals surface area (Å²) in [5.74, 6) is -4.36. The first-order valence-corrected chi connectivity index (χ1v) is 4.83. The molecule has 1 amide bonds. The van der Waals surface area contributed by atoms with Gasteiger partial charge in [0, 0.05) is 11.6 Å². The molecule has 1 aromatic carbocycles. The van der Waals surface area contributed by atoms with Crippen LogP contribution in [-0.4, -0.2) is 10.9 Å². The van der Waals surface area contributed by atoms with E-state index in [1.165, 1.54) is 6.07 Å². The Morgan fingerprint density at radius 1 is 1.06 bits per heavy atom. The summed E-state index contributed by atoms with van der Waals surface area (Å²) in [7, 11) is 0. The lowest BCUT2D eigenvalue weighted by molar-refractivity contribution is 0.100. The van der Waals surface area contributed by atoms with E-state index in [2.05, 4.69) is 4.98 Å². The maximum absolute atomic E-state index is 13.5. The number of nitrogen functional groups attached to an aromatic ring is 1. The van der Waals surface area contributed by atoms with Crippen molar-refractivity contribution in [2.24, 2.45) is 5.73 Å². The molecule has 7 heteroatoms. The normalized spacial score (nSPS) is 10.6. The third-order valence-electron chi connectivity index (χ3n) is 2.41. The number of carbonyl (C=O) groups excluding carboxylic acids is 1. The van der Waals surface area contributed by atoms with Gasteiger partial charge < -0.3 is 16.5 Å².